The fourth-order valence-corrected chi connectivity index (χ4v) is 1.89. The molecule has 0 aromatic rings. The molecule has 1 aliphatic heterocycles. The van der Waals surface area contributed by atoms with E-state index in [9.17, 15) is 4.79 Å². The molecule has 0 aliphatic carbocycles. The Bertz CT molecular complexity index is 221. The summed E-state index contributed by atoms with van der Waals surface area (Å²) in [4.78, 5) is 16.1. The molecule has 102 valence electrons. The van der Waals surface area contributed by atoms with E-state index in [4.69, 9.17) is 4.74 Å². The van der Waals surface area contributed by atoms with Crippen molar-refractivity contribution in [3.8, 4) is 0 Å². The van der Waals surface area contributed by atoms with Crippen LogP contribution in [0.25, 0.3) is 0 Å². The SMILES string of the molecule is COCCCC(=O)NCCN1CCN(C)CC1.[HH]. The molecule has 0 aromatic heterocycles. The molecule has 0 unspecified atom stereocenters. The van der Waals surface area contributed by atoms with Crippen molar-refractivity contribution in [2.24, 2.45) is 0 Å². The predicted molar refractivity (Wildman–Crippen MR) is 70.2 cm³/mol. The summed E-state index contributed by atoms with van der Waals surface area (Å²) in [6.07, 6.45) is 1.37. The van der Waals surface area contributed by atoms with E-state index in [0.717, 1.165) is 45.7 Å². The summed E-state index contributed by atoms with van der Waals surface area (Å²) in [7, 11) is 3.81. The van der Waals surface area contributed by atoms with Gasteiger partial charge in [0.1, 0.15) is 0 Å². The van der Waals surface area contributed by atoms with Crippen molar-refractivity contribution in [1.29, 1.82) is 0 Å². The summed E-state index contributed by atoms with van der Waals surface area (Å²) in [5.41, 5.74) is 0. The molecule has 17 heavy (non-hydrogen) atoms. The van der Waals surface area contributed by atoms with Crippen molar-refractivity contribution >= 4 is 5.91 Å². The molecule has 0 spiro atoms. The highest BCUT2D eigenvalue weighted by atomic mass is 16.5. The molecular weight excluding hydrogens is 218 g/mol. The highest BCUT2D eigenvalue weighted by Gasteiger charge is 2.13. The minimum absolute atomic E-state index is 0. The molecule has 5 heteroatoms. The van der Waals surface area contributed by atoms with E-state index in [1.165, 1.54) is 0 Å². The fourth-order valence-electron chi connectivity index (χ4n) is 1.89. The van der Waals surface area contributed by atoms with Crippen LogP contribution in [-0.4, -0.2) is 75.7 Å². The van der Waals surface area contributed by atoms with Crippen LogP contribution in [0.2, 0.25) is 0 Å². The minimum Gasteiger partial charge on any atom is -0.385 e. The van der Waals surface area contributed by atoms with Gasteiger partial charge in [-0.3, -0.25) is 9.69 Å². The highest BCUT2D eigenvalue weighted by molar-refractivity contribution is 5.75. The Morgan fingerprint density at radius 2 is 2.06 bits per heavy atom. The van der Waals surface area contributed by atoms with Crippen molar-refractivity contribution in [2.45, 2.75) is 12.8 Å². The second-order valence-electron chi connectivity index (χ2n) is 4.59. The summed E-state index contributed by atoms with van der Waals surface area (Å²) in [6.45, 7) is 6.85. The summed E-state index contributed by atoms with van der Waals surface area (Å²) >= 11 is 0. The van der Waals surface area contributed by atoms with E-state index in [1.54, 1.807) is 7.11 Å². The summed E-state index contributed by atoms with van der Waals surface area (Å²) in [5.74, 6) is 0.135. The van der Waals surface area contributed by atoms with Gasteiger partial charge in [-0.1, -0.05) is 0 Å². The molecule has 0 saturated carbocycles. The van der Waals surface area contributed by atoms with Gasteiger partial charge < -0.3 is 15.0 Å². The number of rotatable bonds is 7. The Kier molecular flexibility index (Phi) is 7.16. The van der Waals surface area contributed by atoms with Gasteiger partial charge in [-0.2, -0.15) is 0 Å². The minimum atomic E-state index is 0. The number of nitrogens with zero attached hydrogens (tertiary/aromatic N) is 2. The predicted octanol–water partition coefficient (Wildman–Crippen LogP) is 0.0226. The number of amides is 1. The van der Waals surface area contributed by atoms with E-state index < -0.39 is 0 Å². The summed E-state index contributed by atoms with van der Waals surface area (Å²) in [6, 6.07) is 0. The third-order valence-electron chi connectivity index (χ3n) is 3.10. The maximum absolute atomic E-state index is 11.4. The van der Waals surface area contributed by atoms with E-state index in [-0.39, 0.29) is 7.33 Å². The van der Waals surface area contributed by atoms with Gasteiger partial charge >= 0.3 is 0 Å². The van der Waals surface area contributed by atoms with Gasteiger partial charge in [0.2, 0.25) is 5.91 Å². The average Bonchev–Trinajstić information content (AvgIpc) is 2.32. The van der Waals surface area contributed by atoms with Crippen LogP contribution in [0.5, 0.6) is 0 Å². The molecule has 1 N–H and O–H groups in total. The Morgan fingerprint density at radius 1 is 1.35 bits per heavy atom. The zero-order chi connectivity index (χ0) is 12.5. The van der Waals surface area contributed by atoms with E-state index >= 15 is 0 Å². The topological polar surface area (TPSA) is 44.8 Å². The maximum Gasteiger partial charge on any atom is 0.220 e. The van der Waals surface area contributed by atoms with Gasteiger partial charge in [0.25, 0.3) is 0 Å². The van der Waals surface area contributed by atoms with Crippen molar-refractivity contribution in [3.63, 3.8) is 0 Å². The first-order valence-electron chi connectivity index (χ1n) is 6.39. The second-order valence-corrected chi connectivity index (χ2v) is 4.59. The van der Waals surface area contributed by atoms with Crippen LogP contribution >= 0.6 is 0 Å². The molecular formula is C12H27N3O2. The Hall–Kier alpha value is -0.650. The van der Waals surface area contributed by atoms with Gasteiger partial charge in [-0.15, -0.1) is 0 Å². The van der Waals surface area contributed by atoms with E-state index in [0.29, 0.717) is 13.0 Å². The first-order chi connectivity index (χ1) is 8.22. The molecule has 1 heterocycles. The Labute approximate surface area is 106 Å². The smallest absolute Gasteiger partial charge is 0.220 e. The maximum atomic E-state index is 11.4. The molecule has 0 bridgehead atoms. The van der Waals surface area contributed by atoms with Crippen molar-refractivity contribution < 1.29 is 11.0 Å². The molecule has 5 nitrogen and oxygen atoms in total. The van der Waals surface area contributed by atoms with Crippen molar-refractivity contribution in [3.05, 3.63) is 0 Å². The van der Waals surface area contributed by atoms with Crippen LogP contribution in [0.4, 0.5) is 0 Å². The lowest BCUT2D eigenvalue weighted by Gasteiger charge is -2.32. The standard InChI is InChI=1S/C12H25N3O2.H2/c1-14-7-9-15(10-8-14)6-5-13-12(16)4-3-11-17-2;/h3-11H2,1-2H3,(H,13,16);1H. The lowest BCUT2D eigenvalue weighted by Crippen LogP contribution is -2.46. The molecule has 0 atom stereocenters. The second kappa shape index (κ2) is 8.44. The third kappa shape index (κ3) is 6.61. The summed E-state index contributed by atoms with van der Waals surface area (Å²) < 4.78 is 4.91. The van der Waals surface area contributed by atoms with Crippen LogP contribution in [0.15, 0.2) is 0 Å². The zero-order valence-corrected chi connectivity index (χ0v) is 11.1. The van der Waals surface area contributed by atoms with Crippen LogP contribution < -0.4 is 5.32 Å². The van der Waals surface area contributed by atoms with E-state index in [2.05, 4.69) is 22.2 Å². The first-order valence-corrected chi connectivity index (χ1v) is 6.39. The molecule has 1 fully saturated rings. The van der Waals surface area contributed by atoms with Crippen LogP contribution in [-0.2, 0) is 9.53 Å². The molecule has 0 radical (unpaired) electrons. The number of hydrogen-bond acceptors (Lipinski definition) is 4. The van der Waals surface area contributed by atoms with Crippen LogP contribution in [0, 0.1) is 0 Å². The van der Waals surface area contributed by atoms with Crippen LogP contribution in [0.1, 0.15) is 14.3 Å². The molecule has 1 amide bonds. The van der Waals surface area contributed by atoms with Gasteiger partial charge in [0.15, 0.2) is 0 Å². The largest absolute Gasteiger partial charge is 0.385 e. The van der Waals surface area contributed by atoms with Gasteiger partial charge in [0.05, 0.1) is 0 Å². The lowest BCUT2D eigenvalue weighted by atomic mass is 10.3. The highest BCUT2D eigenvalue weighted by Crippen LogP contribution is 1.97. The number of carbonyl (C=O) groups excluding carboxylic acids is 1. The molecule has 1 saturated heterocycles. The zero-order valence-electron chi connectivity index (χ0n) is 11.1. The monoisotopic (exact) mass is 245 g/mol. The van der Waals surface area contributed by atoms with Crippen molar-refractivity contribution in [2.75, 3.05) is 60.0 Å². The Morgan fingerprint density at radius 3 is 2.71 bits per heavy atom. The number of likely N-dealkylation sites (N-methyl/N-ethyl adjacent to an activating group) is 1. The quantitative estimate of drug-likeness (QED) is 0.642. The lowest BCUT2D eigenvalue weighted by molar-refractivity contribution is -0.121. The number of methoxy groups -OCH3 is 1. The van der Waals surface area contributed by atoms with Gasteiger partial charge in [0, 0.05) is 60.8 Å². The molecule has 1 rings (SSSR count). The first kappa shape index (κ1) is 14.4. The van der Waals surface area contributed by atoms with Crippen molar-refractivity contribution in [1.82, 2.24) is 15.1 Å². The average molecular weight is 245 g/mol. The fraction of sp³-hybridized carbons (Fsp3) is 0.917. The van der Waals surface area contributed by atoms with Gasteiger partial charge in [-0.25, -0.2) is 0 Å². The molecule has 1 aliphatic rings. The number of ether oxygens (including phenoxy) is 1. The number of carbonyl (C=O) groups is 1. The van der Waals surface area contributed by atoms with Gasteiger partial charge in [-0.05, 0) is 13.5 Å². The number of piperazine rings is 1. The normalized spacial score (nSPS) is 18.2. The summed E-state index contributed by atoms with van der Waals surface area (Å²) in [5, 5.41) is 2.95. The number of nitrogens with one attached hydrogen (secondary N) is 1. The van der Waals surface area contributed by atoms with E-state index in [1.807, 2.05) is 0 Å². The third-order valence-corrected chi connectivity index (χ3v) is 3.10. The number of hydrogen-bond donors (Lipinski definition) is 1. The Balaban J connectivity index is 0.00000289. The van der Waals surface area contributed by atoms with Crippen LogP contribution in [0.3, 0.4) is 0 Å². The molecule has 0 aromatic carbocycles.